The first-order valence-electron chi connectivity index (χ1n) is 8.76. The highest BCUT2D eigenvalue weighted by atomic mass is 16.5. The predicted octanol–water partition coefficient (Wildman–Crippen LogP) is 4.55. The molecule has 0 bridgehead atoms. The van der Waals surface area contributed by atoms with Crippen molar-refractivity contribution < 1.29 is 4.74 Å². The van der Waals surface area contributed by atoms with E-state index in [0.29, 0.717) is 0 Å². The van der Waals surface area contributed by atoms with Gasteiger partial charge in [0, 0.05) is 25.0 Å². The molecule has 3 aromatic rings. The van der Waals surface area contributed by atoms with Crippen molar-refractivity contribution in [3.8, 4) is 0 Å². The zero-order valence-corrected chi connectivity index (χ0v) is 14.5. The normalized spacial score (nSPS) is 15.2. The molecule has 25 heavy (non-hydrogen) atoms. The summed E-state index contributed by atoms with van der Waals surface area (Å²) < 4.78 is 5.47. The van der Waals surface area contributed by atoms with E-state index in [0.717, 1.165) is 32.0 Å². The van der Waals surface area contributed by atoms with Crippen LogP contribution in [0, 0.1) is 6.92 Å². The third-order valence-corrected chi connectivity index (χ3v) is 4.70. The molecule has 0 N–H and O–H groups in total. The number of ether oxygens (including phenoxy) is 1. The Kier molecular flexibility index (Phi) is 4.49. The van der Waals surface area contributed by atoms with Crippen LogP contribution in [-0.4, -0.2) is 31.3 Å². The number of benzene rings is 2. The third kappa shape index (κ3) is 3.42. The first-order valence-corrected chi connectivity index (χ1v) is 8.76. The molecule has 2 aromatic carbocycles. The van der Waals surface area contributed by atoms with Gasteiger partial charge in [0.1, 0.15) is 0 Å². The van der Waals surface area contributed by atoms with E-state index in [-0.39, 0.29) is 0 Å². The summed E-state index contributed by atoms with van der Waals surface area (Å²) >= 11 is 0. The molecule has 1 fully saturated rings. The van der Waals surface area contributed by atoms with Gasteiger partial charge in [0.25, 0.3) is 0 Å². The van der Waals surface area contributed by atoms with Gasteiger partial charge in [-0.3, -0.25) is 4.98 Å². The average Bonchev–Trinajstić information content (AvgIpc) is 2.68. The molecule has 1 aliphatic heterocycles. The molecule has 0 saturated carbocycles. The summed E-state index contributed by atoms with van der Waals surface area (Å²) in [5, 5.41) is 2.53. The summed E-state index contributed by atoms with van der Waals surface area (Å²) in [6.07, 6.45) is 6.22. The Hall–Kier alpha value is -2.65. The first-order chi connectivity index (χ1) is 12.3. The molecule has 0 atom stereocenters. The maximum atomic E-state index is 5.47. The number of fused-ring (bicyclic) bond motifs is 1. The van der Waals surface area contributed by atoms with Crippen LogP contribution in [0.2, 0.25) is 0 Å². The Bertz CT molecular complexity index is 906. The Balaban J connectivity index is 1.65. The Morgan fingerprint density at radius 3 is 2.68 bits per heavy atom. The molecular formula is C22H22N2O. The molecule has 1 aromatic heterocycles. The molecule has 0 aliphatic carbocycles. The molecule has 4 rings (SSSR count). The summed E-state index contributed by atoms with van der Waals surface area (Å²) in [4.78, 5) is 6.97. The van der Waals surface area contributed by atoms with Crippen LogP contribution in [-0.2, 0) is 4.74 Å². The fourth-order valence-corrected chi connectivity index (χ4v) is 3.34. The predicted molar refractivity (Wildman–Crippen MR) is 105 cm³/mol. The van der Waals surface area contributed by atoms with Crippen LogP contribution in [0.3, 0.4) is 0 Å². The van der Waals surface area contributed by atoms with E-state index in [2.05, 4.69) is 77.5 Å². The Labute approximate surface area is 148 Å². The second kappa shape index (κ2) is 7.08. The van der Waals surface area contributed by atoms with Crippen molar-refractivity contribution in [2.75, 3.05) is 31.2 Å². The number of anilines is 1. The van der Waals surface area contributed by atoms with Crippen LogP contribution >= 0.6 is 0 Å². The highest BCUT2D eigenvalue weighted by Gasteiger charge is 2.13. The van der Waals surface area contributed by atoms with Crippen LogP contribution in [0.4, 0.5) is 5.69 Å². The number of aromatic nitrogens is 1. The second-order valence-electron chi connectivity index (χ2n) is 6.40. The van der Waals surface area contributed by atoms with Crippen LogP contribution in [0.5, 0.6) is 0 Å². The number of nitrogens with zero attached hydrogens (tertiary/aromatic N) is 2. The Morgan fingerprint density at radius 2 is 1.80 bits per heavy atom. The zero-order valence-electron chi connectivity index (χ0n) is 14.5. The molecule has 3 heteroatoms. The van der Waals surface area contributed by atoms with Crippen molar-refractivity contribution >= 4 is 28.6 Å². The van der Waals surface area contributed by atoms with Gasteiger partial charge in [0.05, 0.1) is 18.9 Å². The molecule has 2 heterocycles. The van der Waals surface area contributed by atoms with E-state index < -0.39 is 0 Å². The molecule has 1 saturated heterocycles. The minimum Gasteiger partial charge on any atom is -0.378 e. The lowest BCUT2D eigenvalue weighted by molar-refractivity contribution is 0.122. The first kappa shape index (κ1) is 15.9. The van der Waals surface area contributed by atoms with Gasteiger partial charge in [-0.1, -0.05) is 48.5 Å². The number of morpholine rings is 1. The maximum absolute atomic E-state index is 5.47. The lowest BCUT2D eigenvalue weighted by Crippen LogP contribution is -2.36. The van der Waals surface area contributed by atoms with Gasteiger partial charge in [-0.2, -0.15) is 0 Å². The van der Waals surface area contributed by atoms with Crippen LogP contribution < -0.4 is 4.90 Å². The topological polar surface area (TPSA) is 25.4 Å². The van der Waals surface area contributed by atoms with Gasteiger partial charge in [-0.15, -0.1) is 0 Å². The van der Waals surface area contributed by atoms with Crippen LogP contribution in [0.1, 0.15) is 16.8 Å². The van der Waals surface area contributed by atoms with Gasteiger partial charge < -0.3 is 9.64 Å². The van der Waals surface area contributed by atoms with Crippen molar-refractivity contribution in [3.05, 3.63) is 71.5 Å². The molecule has 0 radical (unpaired) electrons. The second-order valence-corrected chi connectivity index (χ2v) is 6.40. The molecule has 0 spiro atoms. The third-order valence-electron chi connectivity index (χ3n) is 4.70. The minimum atomic E-state index is 0.795. The number of aryl methyl sites for hydroxylation is 1. The summed E-state index contributed by atoms with van der Waals surface area (Å²) in [6.45, 7) is 5.59. The summed E-state index contributed by atoms with van der Waals surface area (Å²) in [5.41, 5.74) is 4.67. The van der Waals surface area contributed by atoms with Gasteiger partial charge in [-0.05, 0) is 41.0 Å². The van der Waals surface area contributed by atoms with Crippen molar-refractivity contribution in [1.29, 1.82) is 0 Å². The monoisotopic (exact) mass is 330 g/mol. The summed E-state index contributed by atoms with van der Waals surface area (Å²) in [7, 11) is 0. The number of hydrogen-bond donors (Lipinski definition) is 0. The van der Waals surface area contributed by atoms with Crippen molar-refractivity contribution in [2.45, 2.75) is 6.92 Å². The highest BCUT2D eigenvalue weighted by Crippen LogP contribution is 2.24. The lowest BCUT2D eigenvalue weighted by atomic mass is 10.0. The number of pyridine rings is 1. The average molecular weight is 330 g/mol. The molecule has 3 nitrogen and oxygen atoms in total. The highest BCUT2D eigenvalue weighted by molar-refractivity contribution is 5.92. The summed E-state index contributed by atoms with van der Waals surface area (Å²) in [5.74, 6) is 0. The van der Waals surface area contributed by atoms with E-state index in [4.69, 9.17) is 4.74 Å². The smallest absolute Gasteiger partial charge is 0.0650 e. The molecular weight excluding hydrogens is 308 g/mol. The number of rotatable bonds is 3. The Morgan fingerprint density at radius 1 is 1.00 bits per heavy atom. The zero-order chi connectivity index (χ0) is 17.1. The largest absolute Gasteiger partial charge is 0.378 e. The maximum Gasteiger partial charge on any atom is 0.0650 e. The molecule has 126 valence electrons. The number of hydrogen-bond acceptors (Lipinski definition) is 3. The standard InChI is InChI=1S/C22H22N2O/c1-17-16-23-20(15-22(17)24-11-13-25-14-12-24)10-9-19-7-4-6-18-5-2-3-8-21(18)19/h2-10,15-16H,11-14H2,1H3. The van der Waals surface area contributed by atoms with Gasteiger partial charge in [0.2, 0.25) is 0 Å². The van der Waals surface area contributed by atoms with E-state index in [1.807, 2.05) is 6.20 Å². The van der Waals surface area contributed by atoms with Crippen LogP contribution in [0.15, 0.2) is 54.7 Å². The molecule has 0 unspecified atom stereocenters. The van der Waals surface area contributed by atoms with Crippen molar-refractivity contribution in [1.82, 2.24) is 4.98 Å². The van der Waals surface area contributed by atoms with Crippen molar-refractivity contribution in [3.63, 3.8) is 0 Å². The quantitative estimate of drug-likeness (QED) is 0.704. The SMILES string of the molecule is Cc1cnc(C=Cc2cccc3ccccc23)cc1N1CCOCC1. The van der Waals surface area contributed by atoms with Gasteiger partial charge in [0.15, 0.2) is 0 Å². The fourth-order valence-electron chi connectivity index (χ4n) is 3.34. The van der Waals surface area contributed by atoms with E-state index in [1.54, 1.807) is 0 Å². The van der Waals surface area contributed by atoms with Crippen molar-refractivity contribution in [2.24, 2.45) is 0 Å². The molecule has 1 aliphatic rings. The van der Waals surface area contributed by atoms with Gasteiger partial charge >= 0.3 is 0 Å². The fraction of sp³-hybridized carbons (Fsp3) is 0.227. The van der Waals surface area contributed by atoms with E-state index in [9.17, 15) is 0 Å². The summed E-state index contributed by atoms with van der Waals surface area (Å²) in [6, 6.07) is 17.0. The van der Waals surface area contributed by atoms with E-state index >= 15 is 0 Å². The van der Waals surface area contributed by atoms with Gasteiger partial charge in [-0.25, -0.2) is 0 Å². The van der Waals surface area contributed by atoms with E-state index in [1.165, 1.54) is 27.6 Å². The molecule has 0 amide bonds. The minimum absolute atomic E-state index is 0.795. The van der Waals surface area contributed by atoms with Crippen LogP contribution in [0.25, 0.3) is 22.9 Å². The lowest BCUT2D eigenvalue weighted by Gasteiger charge is -2.30.